The van der Waals surface area contributed by atoms with Crippen molar-refractivity contribution in [1.29, 1.82) is 0 Å². The Hall–Kier alpha value is -3.35. The summed E-state index contributed by atoms with van der Waals surface area (Å²) in [6, 6.07) is 10.8. The van der Waals surface area contributed by atoms with E-state index in [0.29, 0.717) is 26.4 Å². The third-order valence-corrected chi connectivity index (χ3v) is 9.01. The number of ether oxygens (including phenoxy) is 1. The van der Waals surface area contributed by atoms with Crippen LogP contribution in [-0.2, 0) is 11.5 Å². The maximum Gasteiger partial charge on any atom is 0.404 e. The highest BCUT2D eigenvalue weighted by Crippen LogP contribution is 2.34. The number of carboxylic acid groups (broad SMARTS) is 1. The Bertz CT molecular complexity index is 1480. The lowest BCUT2D eigenvalue weighted by atomic mass is 10.1. The monoisotopic (exact) mass is 609 g/mol. The number of halogens is 1. The SMILES string of the molecule is C[Si](C)(C)CCOCn1nc(-c2ccc(Br)c(N3CCC(NC(=O)O)C3)n2)c2cc(-c3cccnc3)ncc21. The molecule has 39 heavy (non-hydrogen) atoms. The van der Waals surface area contributed by atoms with E-state index in [9.17, 15) is 4.79 Å². The Morgan fingerprint density at radius 1 is 1.23 bits per heavy atom. The molecule has 5 heterocycles. The van der Waals surface area contributed by atoms with Crippen molar-refractivity contribution >= 4 is 46.8 Å². The third kappa shape index (κ3) is 6.45. The van der Waals surface area contributed by atoms with E-state index in [4.69, 9.17) is 24.9 Å². The van der Waals surface area contributed by atoms with Crippen LogP contribution >= 0.6 is 15.9 Å². The van der Waals surface area contributed by atoms with Crippen LogP contribution in [0, 0.1) is 0 Å². The summed E-state index contributed by atoms with van der Waals surface area (Å²) < 4.78 is 8.74. The van der Waals surface area contributed by atoms with Gasteiger partial charge in [0.2, 0.25) is 0 Å². The molecule has 12 heteroatoms. The zero-order chi connectivity index (χ0) is 27.6. The topological polar surface area (TPSA) is 118 Å². The second-order valence-electron chi connectivity index (χ2n) is 10.9. The Labute approximate surface area is 236 Å². The van der Waals surface area contributed by atoms with Crippen molar-refractivity contribution in [3.8, 4) is 22.6 Å². The first kappa shape index (κ1) is 27.2. The van der Waals surface area contributed by atoms with Crippen LogP contribution in [-0.4, -0.2) is 69.7 Å². The lowest BCUT2D eigenvalue weighted by molar-refractivity contribution is 0.0818. The minimum Gasteiger partial charge on any atom is -0.465 e. The minimum atomic E-state index is -1.21. The van der Waals surface area contributed by atoms with Crippen LogP contribution < -0.4 is 10.2 Å². The highest BCUT2D eigenvalue weighted by Gasteiger charge is 2.27. The third-order valence-electron chi connectivity index (χ3n) is 6.69. The number of nitrogens with zero attached hydrogens (tertiary/aromatic N) is 6. The van der Waals surface area contributed by atoms with E-state index in [1.807, 2.05) is 41.2 Å². The molecular formula is C27H32BrN7O3Si. The predicted octanol–water partition coefficient (Wildman–Crippen LogP) is 5.48. The number of hydrogen-bond donors (Lipinski definition) is 2. The van der Waals surface area contributed by atoms with Crippen LogP contribution in [0.5, 0.6) is 0 Å². The molecule has 0 aliphatic carbocycles. The first-order valence-corrected chi connectivity index (χ1v) is 17.4. The van der Waals surface area contributed by atoms with E-state index in [0.717, 1.165) is 56.3 Å². The van der Waals surface area contributed by atoms with Gasteiger partial charge in [-0.2, -0.15) is 5.10 Å². The zero-order valence-corrected chi connectivity index (χ0v) is 24.8. The van der Waals surface area contributed by atoms with Gasteiger partial charge in [-0.3, -0.25) is 9.97 Å². The van der Waals surface area contributed by atoms with Gasteiger partial charge in [0.25, 0.3) is 0 Å². The van der Waals surface area contributed by atoms with Crippen molar-refractivity contribution in [2.24, 2.45) is 0 Å². The van der Waals surface area contributed by atoms with E-state index in [-0.39, 0.29) is 6.04 Å². The molecule has 4 aromatic rings. The summed E-state index contributed by atoms with van der Waals surface area (Å²) in [5.74, 6) is 0.762. The number of nitrogens with one attached hydrogen (secondary N) is 1. The Balaban J connectivity index is 1.51. The van der Waals surface area contributed by atoms with Crippen molar-refractivity contribution in [2.75, 3.05) is 24.6 Å². The fourth-order valence-electron chi connectivity index (χ4n) is 4.59. The summed E-state index contributed by atoms with van der Waals surface area (Å²) in [5.41, 5.74) is 4.04. The first-order valence-electron chi connectivity index (χ1n) is 12.9. The van der Waals surface area contributed by atoms with Gasteiger partial charge in [-0.15, -0.1) is 0 Å². The average molecular weight is 611 g/mol. The molecular weight excluding hydrogens is 578 g/mol. The molecule has 2 N–H and O–H groups in total. The van der Waals surface area contributed by atoms with Crippen molar-refractivity contribution in [3.05, 3.63) is 53.4 Å². The fourth-order valence-corrected chi connectivity index (χ4v) is 5.82. The number of carbonyl (C=O) groups is 1. The largest absolute Gasteiger partial charge is 0.465 e. The normalized spacial score (nSPS) is 15.7. The van der Waals surface area contributed by atoms with Crippen LogP contribution in [0.1, 0.15) is 6.42 Å². The van der Waals surface area contributed by atoms with Crippen LogP contribution in [0.3, 0.4) is 0 Å². The molecule has 204 valence electrons. The van der Waals surface area contributed by atoms with E-state index < -0.39 is 14.2 Å². The number of pyridine rings is 3. The Morgan fingerprint density at radius 3 is 2.82 bits per heavy atom. The molecule has 1 amide bonds. The Morgan fingerprint density at radius 2 is 2.08 bits per heavy atom. The van der Waals surface area contributed by atoms with Gasteiger partial charge in [0.15, 0.2) is 0 Å². The van der Waals surface area contributed by atoms with Gasteiger partial charge >= 0.3 is 6.09 Å². The standard InChI is InChI=1S/C27H32BrN7O3Si/c1-39(2,3)12-11-38-17-35-24-15-30-23(18-5-4-9-29-14-18)13-20(24)25(33-35)22-7-6-21(28)26(32-22)34-10-8-19(16-34)31-27(36)37/h4-7,9,13-15,19,31H,8,10-12,16-17H2,1-3H3,(H,36,37). The van der Waals surface area contributed by atoms with Crippen LogP contribution in [0.2, 0.25) is 25.7 Å². The number of rotatable bonds is 9. The summed E-state index contributed by atoms with van der Waals surface area (Å²) in [7, 11) is -1.21. The summed E-state index contributed by atoms with van der Waals surface area (Å²) in [6.07, 6.45) is 5.08. The molecule has 1 atom stereocenters. The summed E-state index contributed by atoms with van der Waals surface area (Å²) in [5, 5.41) is 17.6. The molecule has 0 aromatic carbocycles. The summed E-state index contributed by atoms with van der Waals surface area (Å²) in [6.45, 7) is 9.27. The number of hydrogen-bond acceptors (Lipinski definition) is 7. The predicted molar refractivity (Wildman–Crippen MR) is 158 cm³/mol. The maximum atomic E-state index is 11.1. The lowest BCUT2D eigenvalue weighted by Crippen LogP contribution is -2.36. The molecule has 0 bridgehead atoms. The lowest BCUT2D eigenvalue weighted by Gasteiger charge is -2.19. The molecule has 1 aliphatic rings. The first-order chi connectivity index (χ1) is 18.7. The maximum absolute atomic E-state index is 11.1. The number of amides is 1. The van der Waals surface area contributed by atoms with Crippen molar-refractivity contribution < 1.29 is 14.6 Å². The average Bonchev–Trinajstić information content (AvgIpc) is 3.51. The van der Waals surface area contributed by atoms with Crippen LogP contribution in [0.4, 0.5) is 10.6 Å². The smallest absolute Gasteiger partial charge is 0.404 e. The highest BCUT2D eigenvalue weighted by atomic mass is 79.9. The van der Waals surface area contributed by atoms with E-state index in [1.165, 1.54) is 0 Å². The molecule has 5 rings (SSSR count). The van der Waals surface area contributed by atoms with Gasteiger partial charge in [-0.25, -0.2) is 14.5 Å². The molecule has 0 saturated carbocycles. The summed E-state index contributed by atoms with van der Waals surface area (Å²) in [4.78, 5) is 27.1. The zero-order valence-electron chi connectivity index (χ0n) is 22.3. The molecule has 1 fully saturated rings. The van der Waals surface area contributed by atoms with Gasteiger partial charge in [-0.1, -0.05) is 19.6 Å². The van der Waals surface area contributed by atoms with Gasteiger partial charge < -0.3 is 20.1 Å². The molecule has 1 unspecified atom stereocenters. The van der Waals surface area contributed by atoms with Crippen molar-refractivity contribution in [1.82, 2.24) is 30.0 Å². The second kappa shape index (κ2) is 11.4. The van der Waals surface area contributed by atoms with Gasteiger partial charge in [0, 0.05) is 51.1 Å². The van der Waals surface area contributed by atoms with Crippen LogP contribution in [0.15, 0.2) is 53.4 Å². The van der Waals surface area contributed by atoms with E-state index in [2.05, 4.69) is 50.8 Å². The highest BCUT2D eigenvalue weighted by molar-refractivity contribution is 9.10. The molecule has 4 aromatic heterocycles. The second-order valence-corrected chi connectivity index (χ2v) is 17.4. The molecule has 0 spiro atoms. The quantitative estimate of drug-likeness (QED) is 0.189. The minimum absolute atomic E-state index is 0.138. The number of aromatic nitrogens is 5. The van der Waals surface area contributed by atoms with Crippen molar-refractivity contribution in [2.45, 2.75) is 44.9 Å². The van der Waals surface area contributed by atoms with Gasteiger partial charge in [-0.05, 0) is 58.7 Å². The van der Waals surface area contributed by atoms with E-state index >= 15 is 0 Å². The van der Waals surface area contributed by atoms with Gasteiger partial charge in [0.05, 0.1) is 33.6 Å². The molecule has 10 nitrogen and oxygen atoms in total. The summed E-state index contributed by atoms with van der Waals surface area (Å²) >= 11 is 3.64. The number of fused-ring (bicyclic) bond motifs is 1. The van der Waals surface area contributed by atoms with E-state index in [1.54, 1.807) is 12.4 Å². The van der Waals surface area contributed by atoms with Gasteiger partial charge in [0.1, 0.15) is 18.2 Å². The van der Waals surface area contributed by atoms with Crippen LogP contribution in [0.25, 0.3) is 33.5 Å². The molecule has 0 radical (unpaired) electrons. The molecule has 1 aliphatic heterocycles. The Kier molecular flexibility index (Phi) is 7.96. The fraction of sp³-hybridized carbons (Fsp3) is 0.370. The molecule has 1 saturated heterocycles. The number of anilines is 1. The van der Waals surface area contributed by atoms with Crippen molar-refractivity contribution in [3.63, 3.8) is 0 Å².